The topological polar surface area (TPSA) is 83.3 Å². The van der Waals surface area contributed by atoms with Gasteiger partial charge in [-0.05, 0) is 12.1 Å². The van der Waals surface area contributed by atoms with Gasteiger partial charge in [-0.25, -0.2) is 0 Å². The summed E-state index contributed by atoms with van der Waals surface area (Å²) in [5.41, 5.74) is 0.596. The van der Waals surface area contributed by atoms with Crippen LogP contribution in [-0.2, 0) is 0 Å². The van der Waals surface area contributed by atoms with Crippen LogP contribution < -0.4 is 10.6 Å². The molecule has 1 unspecified atom stereocenters. The first kappa shape index (κ1) is 24.2. The summed E-state index contributed by atoms with van der Waals surface area (Å²) >= 11 is 0. The van der Waals surface area contributed by atoms with Crippen molar-refractivity contribution >= 4 is 30.7 Å². The summed E-state index contributed by atoms with van der Waals surface area (Å²) < 4.78 is 45.1. The number of pyridine rings is 1. The maximum atomic E-state index is 13.3. The van der Waals surface area contributed by atoms with Crippen LogP contribution >= 0.6 is 24.8 Å². The number of aromatic nitrogens is 2. The van der Waals surface area contributed by atoms with Crippen molar-refractivity contribution in [1.29, 1.82) is 0 Å². The Bertz CT molecular complexity index is 739. The quantitative estimate of drug-likeness (QED) is 0.739. The Morgan fingerprint density at radius 3 is 2.50 bits per heavy atom. The minimum atomic E-state index is -4.43. The van der Waals surface area contributed by atoms with Crippen molar-refractivity contribution in [2.45, 2.75) is 12.2 Å². The molecule has 2 aromatic heterocycles. The Kier molecular flexibility index (Phi) is 9.15. The van der Waals surface area contributed by atoms with Crippen LogP contribution in [0.2, 0.25) is 0 Å². The summed E-state index contributed by atoms with van der Waals surface area (Å²) in [6.07, 6.45) is -1.32. The predicted octanol–water partition coefficient (Wildman–Crippen LogP) is 2.15. The van der Waals surface area contributed by atoms with Crippen molar-refractivity contribution < 1.29 is 22.5 Å². The number of nitrogens with zero attached hydrogens (tertiary/aromatic N) is 3. The second-order valence-electron chi connectivity index (χ2n) is 5.87. The fourth-order valence-corrected chi connectivity index (χ4v) is 2.76. The smallest absolute Gasteiger partial charge is 0.355 e. The maximum absolute atomic E-state index is 13.3. The molecular weight excluding hydrogens is 422 g/mol. The van der Waals surface area contributed by atoms with Gasteiger partial charge in [0.25, 0.3) is 5.91 Å². The summed E-state index contributed by atoms with van der Waals surface area (Å²) in [7, 11) is 0. The molecule has 12 heteroatoms. The van der Waals surface area contributed by atoms with Crippen LogP contribution in [0.5, 0.6) is 0 Å². The Morgan fingerprint density at radius 2 is 1.89 bits per heavy atom. The third-order valence-electron chi connectivity index (χ3n) is 4.13. The van der Waals surface area contributed by atoms with Crippen molar-refractivity contribution in [3.05, 3.63) is 36.3 Å². The lowest BCUT2D eigenvalue weighted by atomic mass is 10.2. The molecule has 1 saturated heterocycles. The van der Waals surface area contributed by atoms with Crippen LogP contribution in [0.4, 0.5) is 13.2 Å². The van der Waals surface area contributed by atoms with Gasteiger partial charge in [0.1, 0.15) is 6.04 Å². The number of hydrogen-bond donors (Lipinski definition) is 2. The summed E-state index contributed by atoms with van der Waals surface area (Å²) in [5, 5.41) is 8.95. The Hall–Kier alpha value is -1.88. The van der Waals surface area contributed by atoms with Crippen LogP contribution in [-0.4, -0.2) is 65.9 Å². The number of carbonyl (C=O) groups is 1. The standard InChI is InChI=1S/C16H18F3N5O2.2ClH/c17-16(18,19)14(24-7-5-21-6-8-24)10-22-15(25)12-9-13(26-23-12)11-1-3-20-4-2-11;;/h1-4,9,14,21H,5-8,10H2,(H,22,25);2*1H. The molecule has 0 spiro atoms. The second kappa shape index (κ2) is 10.6. The highest BCUT2D eigenvalue weighted by Crippen LogP contribution is 2.25. The molecule has 7 nitrogen and oxygen atoms in total. The lowest BCUT2D eigenvalue weighted by Gasteiger charge is -2.35. The van der Waals surface area contributed by atoms with Gasteiger partial charge in [-0.2, -0.15) is 13.2 Å². The zero-order valence-corrected chi connectivity index (χ0v) is 16.2. The summed E-state index contributed by atoms with van der Waals surface area (Å²) in [5.74, 6) is -0.370. The molecule has 0 aromatic carbocycles. The number of piperazine rings is 1. The number of alkyl halides is 3. The van der Waals surface area contributed by atoms with Gasteiger partial charge in [0, 0.05) is 56.7 Å². The molecular formula is C16H20Cl2F3N5O2. The lowest BCUT2D eigenvalue weighted by molar-refractivity contribution is -0.183. The van der Waals surface area contributed by atoms with Crippen LogP contribution in [0.1, 0.15) is 10.5 Å². The second-order valence-corrected chi connectivity index (χ2v) is 5.87. The van der Waals surface area contributed by atoms with E-state index in [4.69, 9.17) is 4.52 Å². The molecule has 0 bridgehead atoms. The first-order chi connectivity index (χ1) is 12.4. The molecule has 1 aliphatic rings. The van der Waals surface area contributed by atoms with Crippen molar-refractivity contribution in [1.82, 2.24) is 25.7 Å². The van der Waals surface area contributed by atoms with Crippen LogP contribution in [0.25, 0.3) is 11.3 Å². The maximum Gasteiger partial charge on any atom is 0.405 e. The van der Waals surface area contributed by atoms with Crippen LogP contribution in [0.3, 0.4) is 0 Å². The van der Waals surface area contributed by atoms with Gasteiger partial charge in [0.05, 0.1) is 0 Å². The Balaban J connectivity index is 0.00000196. The minimum absolute atomic E-state index is 0. The molecule has 156 valence electrons. The van der Waals surface area contributed by atoms with E-state index in [1.165, 1.54) is 11.0 Å². The highest BCUT2D eigenvalue weighted by atomic mass is 35.5. The van der Waals surface area contributed by atoms with Gasteiger partial charge >= 0.3 is 6.18 Å². The average Bonchev–Trinajstić information content (AvgIpc) is 3.12. The average molecular weight is 442 g/mol. The molecule has 3 heterocycles. The molecule has 1 atom stereocenters. The SMILES string of the molecule is Cl.Cl.O=C(NCC(N1CCNCC1)C(F)(F)F)c1cc(-c2ccncc2)on1. The van der Waals surface area contributed by atoms with Gasteiger partial charge in [-0.3, -0.25) is 14.7 Å². The summed E-state index contributed by atoms with van der Waals surface area (Å²) in [6, 6.07) is 3.00. The molecule has 3 rings (SSSR count). The van der Waals surface area contributed by atoms with Gasteiger partial charge in [0.2, 0.25) is 0 Å². The molecule has 0 aliphatic carbocycles. The third kappa shape index (κ3) is 6.06. The van der Waals surface area contributed by atoms with E-state index >= 15 is 0 Å². The summed E-state index contributed by atoms with van der Waals surface area (Å²) in [4.78, 5) is 17.4. The third-order valence-corrected chi connectivity index (χ3v) is 4.13. The van der Waals surface area contributed by atoms with Crippen molar-refractivity contribution in [3.8, 4) is 11.3 Å². The van der Waals surface area contributed by atoms with Crippen molar-refractivity contribution in [2.24, 2.45) is 0 Å². The number of carbonyl (C=O) groups excluding carboxylic acids is 1. The summed E-state index contributed by atoms with van der Waals surface area (Å²) in [6.45, 7) is 0.977. The first-order valence-corrected chi connectivity index (χ1v) is 8.12. The Labute approximate surface area is 171 Å². The van der Waals surface area contributed by atoms with Gasteiger partial charge in [-0.1, -0.05) is 5.16 Å². The fourth-order valence-electron chi connectivity index (χ4n) is 2.76. The number of halogens is 5. The largest absolute Gasteiger partial charge is 0.405 e. The predicted molar refractivity (Wildman–Crippen MR) is 101 cm³/mol. The minimum Gasteiger partial charge on any atom is -0.355 e. The van der Waals surface area contributed by atoms with Gasteiger partial charge < -0.3 is 15.2 Å². The zero-order valence-electron chi connectivity index (χ0n) is 14.6. The number of hydrogen-bond acceptors (Lipinski definition) is 6. The molecule has 2 N–H and O–H groups in total. The van der Waals surface area contributed by atoms with E-state index in [-0.39, 0.29) is 43.6 Å². The molecule has 1 aliphatic heterocycles. The lowest BCUT2D eigenvalue weighted by Crippen LogP contribution is -2.57. The van der Waals surface area contributed by atoms with E-state index in [0.29, 0.717) is 24.4 Å². The van der Waals surface area contributed by atoms with Crippen LogP contribution in [0, 0.1) is 0 Å². The molecule has 1 fully saturated rings. The van der Waals surface area contributed by atoms with E-state index in [1.807, 2.05) is 0 Å². The van der Waals surface area contributed by atoms with E-state index < -0.39 is 24.7 Å². The van der Waals surface area contributed by atoms with Crippen molar-refractivity contribution in [3.63, 3.8) is 0 Å². The molecule has 1 amide bonds. The highest BCUT2D eigenvalue weighted by molar-refractivity contribution is 5.93. The molecule has 0 radical (unpaired) electrons. The monoisotopic (exact) mass is 441 g/mol. The first-order valence-electron chi connectivity index (χ1n) is 8.12. The Morgan fingerprint density at radius 1 is 1.25 bits per heavy atom. The zero-order chi connectivity index (χ0) is 18.6. The van der Waals surface area contributed by atoms with E-state index in [0.717, 1.165) is 0 Å². The molecule has 28 heavy (non-hydrogen) atoms. The van der Waals surface area contributed by atoms with Gasteiger partial charge in [-0.15, -0.1) is 24.8 Å². The van der Waals surface area contributed by atoms with E-state index in [1.54, 1.807) is 24.5 Å². The number of nitrogens with one attached hydrogen (secondary N) is 2. The van der Waals surface area contributed by atoms with E-state index in [2.05, 4.69) is 20.8 Å². The van der Waals surface area contributed by atoms with Crippen LogP contribution in [0.15, 0.2) is 35.1 Å². The molecule has 0 saturated carbocycles. The van der Waals surface area contributed by atoms with E-state index in [9.17, 15) is 18.0 Å². The normalized spacial score (nSPS) is 15.8. The molecule has 2 aromatic rings. The number of rotatable bonds is 5. The van der Waals surface area contributed by atoms with Crippen molar-refractivity contribution in [2.75, 3.05) is 32.7 Å². The fraction of sp³-hybridized carbons (Fsp3) is 0.438. The number of amides is 1. The van der Waals surface area contributed by atoms with Gasteiger partial charge in [0.15, 0.2) is 11.5 Å². The highest BCUT2D eigenvalue weighted by Gasteiger charge is 2.43.